The first kappa shape index (κ1) is 12.0. The van der Waals surface area contributed by atoms with E-state index in [0.29, 0.717) is 0 Å². The van der Waals surface area contributed by atoms with Crippen LogP contribution in [-0.4, -0.2) is 31.1 Å². The van der Waals surface area contributed by atoms with Crippen molar-refractivity contribution < 1.29 is 4.79 Å². The molecule has 1 aromatic carbocycles. The van der Waals surface area contributed by atoms with Crippen LogP contribution in [0.3, 0.4) is 0 Å². The number of hydrogen-bond acceptors (Lipinski definition) is 1. The van der Waals surface area contributed by atoms with Crippen molar-refractivity contribution in [1.82, 2.24) is 10.2 Å². The zero-order chi connectivity index (χ0) is 12.3. The molecule has 1 N–H and O–H groups in total. The summed E-state index contributed by atoms with van der Waals surface area (Å²) in [6.45, 7) is 3.74. The van der Waals surface area contributed by atoms with E-state index < -0.39 is 0 Å². The molecule has 1 aliphatic heterocycles. The van der Waals surface area contributed by atoms with Gasteiger partial charge in [0.1, 0.15) is 0 Å². The number of hydrogen-bond donors (Lipinski definition) is 1. The third-order valence-electron chi connectivity index (χ3n) is 3.58. The molecule has 2 amide bonds. The van der Waals surface area contributed by atoms with Crippen molar-refractivity contribution in [1.29, 1.82) is 0 Å². The van der Waals surface area contributed by atoms with E-state index in [4.69, 9.17) is 0 Å². The van der Waals surface area contributed by atoms with E-state index in [1.54, 1.807) is 4.90 Å². The lowest BCUT2D eigenvalue weighted by Gasteiger charge is -2.42. The summed E-state index contributed by atoms with van der Waals surface area (Å²) in [6.07, 6.45) is 2.22. The SMILES string of the molecule is CCC[C@]1(c2ccccc2)CNC(=O)N(C)C1. The van der Waals surface area contributed by atoms with Crippen LogP contribution < -0.4 is 5.32 Å². The van der Waals surface area contributed by atoms with Crippen LogP contribution in [0.4, 0.5) is 4.79 Å². The number of carbonyl (C=O) groups is 1. The summed E-state index contributed by atoms with van der Waals surface area (Å²) in [6, 6.07) is 10.6. The number of urea groups is 1. The first-order chi connectivity index (χ1) is 8.18. The summed E-state index contributed by atoms with van der Waals surface area (Å²) >= 11 is 0. The lowest BCUT2D eigenvalue weighted by Crippen LogP contribution is -2.57. The van der Waals surface area contributed by atoms with E-state index in [1.807, 2.05) is 13.1 Å². The van der Waals surface area contributed by atoms with Gasteiger partial charge in [-0.2, -0.15) is 0 Å². The highest BCUT2D eigenvalue weighted by Crippen LogP contribution is 2.31. The Hall–Kier alpha value is -1.51. The Kier molecular flexibility index (Phi) is 3.36. The Morgan fingerprint density at radius 2 is 2.06 bits per heavy atom. The van der Waals surface area contributed by atoms with Crippen LogP contribution in [0.25, 0.3) is 0 Å². The molecule has 3 heteroatoms. The Morgan fingerprint density at radius 3 is 2.65 bits per heavy atom. The fraction of sp³-hybridized carbons (Fsp3) is 0.500. The first-order valence-electron chi connectivity index (χ1n) is 6.22. The molecule has 0 bridgehead atoms. The molecule has 1 saturated heterocycles. The van der Waals surface area contributed by atoms with Gasteiger partial charge in [-0.15, -0.1) is 0 Å². The molecule has 0 aliphatic carbocycles. The summed E-state index contributed by atoms with van der Waals surface area (Å²) in [5.41, 5.74) is 1.40. The second-order valence-corrected chi connectivity index (χ2v) is 4.91. The molecular formula is C14H20N2O. The third kappa shape index (κ3) is 2.28. The van der Waals surface area contributed by atoms with Gasteiger partial charge in [0, 0.05) is 25.6 Å². The van der Waals surface area contributed by atoms with Gasteiger partial charge in [-0.05, 0) is 12.0 Å². The fourth-order valence-corrected chi connectivity index (χ4v) is 2.74. The monoisotopic (exact) mass is 232 g/mol. The van der Waals surface area contributed by atoms with Crippen molar-refractivity contribution in [3.05, 3.63) is 35.9 Å². The molecule has 1 aromatic rings. The molecule has 3 nitrogen and oxygen atoms in total. The van der Waals surface area contributed by atoms with Crippen molar-refractivity contribution in [2.24, 2.45) is 0 Å². The molecule has 1 fully saturated rings. The van der Waals surface area contributed by atoms with Crippen molar-refractivity contribution in [3.8, 4) is 0 Å². The molecule has 0 radical (unpaired) electrons. The Labute approximate surface area is 103 Å². The minimum absolute atomic E-state index is 0.0349. The maximum atomic E-state index is 11.5. The number of nitrogens with zero attached hydrogens (tertiary/aromatic N) is 1. The highest BCUT2D eigenvalue weighted by Gasteiger charge is 2.37. The third-order valence-corrected chi connectivity index (χ3v) is 3.58. The van der Waals surface area contributed by atoms with Crippen LogP contribution in [0.2, 0.25) is 0 Å². The molecule has 0 aromatic heterocycles. The Morgan fingerprint density at radius 1 is 1.35 bits per heavy atom. The van der Waals surface area contributed by atoms with Crippen LogP contribution >= 0.6 is 0 Å². The second-order valence-electron chi connectivity index (χ2n) is 4.91. The van der Waals surface area contributed by atoms with E-state index in [1.165, 1.54) is 5.56 Å². The van der Waals surface area contributed by atoms with Crippen molar-refractivity contribution in [2.45, 2.75) is 25.2 Å². The van der Waals surface area contributed by atoms with E-state index in [9.17, 15) is 4.79 Å². The van der Waals surface area contributed by atoms with Gasteiger partial charge in [0.05, 0.1) is 0 Å². The molecule has 2 rings (SSSR count). The van der Waals surface area contributed by atoms with Crippen LogP contribution in [0.15, 0.2) is 30.3 Å². The lowest BCUT2D eigenvalue weighted by molar-refractivity contribution is 0.164. The maximum Gasteiger partial charge on any atom is 0.317 e. The van der Waals surface area contributed by atoms with E-state index in [0.717, 1.165) is 25.9 Å². The maximum absolute atomic E-state index is 11.5. The number of nitrogens with one attached hydrogen (secondary N) is 1. The molecule has 1 atom stereocenters. The number of likely N-dealkylation sites (N-methyl/N-ethyl adjacent to an activating group) is 1. The number of rotatable bonds is 3. The summed E-state index contributed by atoms with van der Waals surface area (Å²) in [5, 5.41) is 2.99. The van der Waals surface area contributed by atoms with Gasteiger partial charge in [-0.1, -0.05) is 43.7 Å². The quantitative estimate of drug-likeness (QED) is 0.852. The van der Waals surface area contributed by atoms with Crippen LogP contribution in [0, 0.1) is 0 Å². The molecule has 1 heterocycles. The smallest absolute Gasteiger partial charge is 0.317 e. The second kappa shape index (κ2) is 4.78. The average Bonchev–Trinajstić information content (AvgIpc) is 2.35. The minimum atomic E-state index is 0.0349. The minimum Gasteiger partial charge on any atom is -0.337 e. The predicted molar refractivity (Wildman–Crippen MR) is 69.1 cm³/mol. The summed E-state index contributed by atoms with van der Waals surface area (Å²) in [4.78, 5) is 13.3. The van der Waals surface area contributed by atoms with Crippen molar-refractivity contribution in [2.75, 3.05) is 20.1 Å². The zero-order valence-electron chi connectivity index (χ0n) is 10.6. The Bertz CT molecular complexity index is 390. The molecule has 1 aliphatic rings. The van der Waals surface area contributed by atoms with Gasteiger partial charge in [-0.25, -0.2) is 4.79 Å². The Balaban J connectivity index is 2.30. The van der Waals surface area contributed by atoms with Gasteiger partial charge in [0.25, 0.3) is 0 Å². The normalized spacial score (nSPS) is 24.6. The molecular weight excluding hydrogens is 212 g/mol. The summed E-state index contributed by atoms with van der Waals surface area (Å²) in [7, 11) is 1.86. The van der Waals surface area contributed by atoms with E-state index >= 15 is 0 Å². The van der Waals surface area contributed by atoms with Gasteiger partial charge in [0.2, 0.25) is 0 Å². The zero-order valence-corrected chi connectivity index (χ0v) is 10.6. The fourth-order valence-electron chi connectivity index (χ4n) is 2.74. The first-order valence-corrected chi connectivity index (χ1v) is 6.22. The standard InChI is InChI=1S/C14H20N2O/c1-3-9-14(12-7-5-4-6-8-12)10-15-13(17)16(2)11-14/h4-8H,3,9-11H2,1-2H3,(H,15,17)/t14-/m0/s1. The number of amides is 2. The average molecular weight is 232 g/mol. The van der Waals surface area contributed by atoms with Gasteiger partial charge >= 0.3 is 6.03 Å². The van der Waals surface area contributed by atoms with Crippen LogP contribution in [0.5, 0.6) is 0 Å². The number of carbonyl (C=O) groups excluding carboxylic acids is 1. The lowest BCUT2D eigenvalue weighted by atomic mass is 9.75. The summed E-state index contributed by atoms with van der Waals surface area (Å²) < 4.78 is 0. The predicted octanol–water partition coefficient (Wildman–Crippen LogP) is 2.38. The van der Waals surface area contributed by atoms with Gasteiger partial charge in [-0.3, -0.25) is 0 Å². The van der Waals surface area contributed by atoms with Gasteiger partial charge in [0.15, 0.2) is 0 Å². The summed E-state index contributed by atoms with van der Waals surface area (Å²) in [5.74, 6) is 0. The molecule has 17 heavy (non-hydrogen) atoms. The highest BCUT2D eigenvalue weighted by molar-refractivity contribution is 5.75. The van der Waals surface area contributed by atoms with E-state index in [2.05, 4.69) is 36.5 Å². The van der Waals surface area contributed by atoms with E-state index in [-0.39, 0.29) is 11.4 Å². The van der Waals surface area contributed by atoms with Crippen LogP contribution in [0.1, 0.15) is 25.3 Å². The van der Waals surface area contributed by atoms with Crippen molar-refractivity contribution >= 4 is 6.03 Å². The van der Waals surface area contributed by atoms with Crippen molar-refractivity contribution in [3.63, 3.8) is 0 Å². The largest absolute Gasteiger partial charge is 0.337 e. The molecule has 0 saturated carbocycles. The molecule has 92 valence electrons. The molecule has 0 spiro atoms. The molecule has 0 unspecified atom stereocenters. The highest BCUT2D eigenvalue weighted by atomic mass is 16.2. The number of benzene rings is 1. The topological polar surface area (TPSA) is 32.3 Å². The van der Waals surface area contributed by atoms with Crippen LogP contribution in [-0.2, 0) is 5.41 Å². The van der Waals surface area contributed by atoms with Gasteiger partial charge < -0.3 is 10.2 Å².